The summed E-state index contributed by atoms with van der Waals surface area (Å²) >= 11 is 0. The van der Waals surface area contributed by atoms with Gasteiger partial charge in [0.15, 0.2) is 5.60 Å². The molecule has 10 N–H and O–H groups in total. The first kappa shape index (κ1) is 22.6. The van der Waals surface area contributed by atoms with Gasteiger partial charge in [-0.15, -0.1) is 0 Å². The molecule has 0 bridgehead atoms. The Morgan fingerprint density at radius 1 is 1.18 bits per heavy atom. The van der Waals surface area contributed by atoms with E-state index in [0.29, 0.717) is 11.3 Å². The molecule has 1 unspecified atom stereocenters. The van der Waals surface area contributed by atoms with Crippen LogP contribution in [0.4, 0.5) is 11.4 Å². The zero-order valence-corrected chi connectivity index (χ0v) is 18.3. The predicted molar refractivity (Wildman–Crippen MR) is 118 cm³/mol. The van der Waals surface area contributed by atoms with Crippen LogP contribution in [-0.4, -0.2) is 63.1 Å². The van der Waals surface area contributed by atoms with Crippen molar-refractivity contribution >= 4 is 34.6 Å². The van der Waals surface area contributed by atoms with Gasteiger partial charge in [0.05, 0.1) is 16.8 Å². The third-order valence-electron chi connectivity index (χ3n) is 7.44. The Kier molecular flexibility index (Phi) is 4.77. The van der Waals surface area contributed by atoms with Crippen LogP contribution in [0.5, 0.6) is 5.75 Å². The SMILES string of the molecule is CNc1cc(N)c(O)c2c1C[C@H]1C[C@H]3C(C)(NC)C(O)=C(C(N)=O)C(=O)[C@@]3(O)C(=O)C1=C2O. The molecule has 11 nitrogen and oxygen atoms in total. The van der Waals surface area contributed by atoms with E-state index in [-0.39, 0.29) is 29.7 Å². The number of benzene rings is 1. The second kappa shape index (κ2) is 6.96. The molecule has 0 spiro atoms. The molecule has 1 fully saturated rings. The van der Waals surface area contributed by atoms with Crippen LogP contribution in [0.3, 0.4) is 0 Å². The summed E-state index contributed by atoms with van der Waals surface area (Å²) in [6.07, 6.45) is 0.173. The van der Waals surface area contributed by atoms with Gasteiger partial charge in [-0.2, -0.15) is 0 Å². The molecule has 1 aromatic rings. The molecule has 1 saturated carbocycles. The lowest BCUT2D eigenvalue weighted by Gasteiger charge is -2.53. The van der Waals surface area contributed by atoms with Crippen molar-refractivity contribution in [2.75, 3.05) is 25.1 Å². The molecule has 0 heterocycles. The van der Waals surface area contributed by atoms with Crippen molar-refractivity contribution in [3.05, 3.63) is 34.1 Å². The number of aromatic hydroxyl groups is 1. The van der Waals surface area contributed by atoms with Crippen LogP contribution in [0.25, 0.3) is 5.76 Å². The van der Waals surface area contributed by atoms with Gasteiger partial charge >= 0.3 is 0 Å². The van der Waals surface area contributed by atoms with Crippen LogP contribution in [0.2, 0.25) is 0 Å². The maximum absolute atomic E-state index is 13.7. The number of hydrogen-bond acceptors (Lipinski definition) is 10. The standard InChI is InChI=1S/C22H26N4O7/c1-21(26-3)11-5-7-4-8-10(25-2)6-9(23)15(27)13(8)16(28)12(7)18(30)22(11,33)19(31)14(17(21)29)20(24)32/h6-7,11,25-29,33H,4-5,23H2,1-3H3,(H2,24,32)/t7-,11-,21?,22-/m0/s1. The lowest BCUT2D eigenvalue weighted by molar-refractivity contribution is -0.163. The molecule has 0 aliphatic heterocycles. The highest BCUT2D eigenvalue weighted by atomic mass is 16.3. The number of carbonyl (C=O) groups is 3. The number of nitrogens with two attached hydrogens (primary N) is 2. The zero-order chi connectivity index (χ0) is 24.6. The van der Waals surface area contributed by atoms with Gasteiger partial charge in [-0.3, -0.25) is 14.4 Å². The average Bonchev–Trinajstić information content (AvgIpc) is 2.76. The number of nitrogen functional groups attached to an aromatic ring is 1. The Bertz CT molecular complexity index is 1200. The third kappa shape index (κ3) is 2.60. The minimum absolute atomic E-state index is 0.00541. The van der Waals surface area contributed by atoms with Crippen molar-refractivity contribution in [1.82, 2.24) is 5.32 Å². The van der Waals surface area contributed by atoms with Crippen molar-refractivity contribution in [2.24, 2.45) is 17.6 Å². The first-order valence-electron chi connectivity index (χ1n) is 10.4. The summed E-state index contributed by atoms with van der Waals surface area (Å²) in [6.45, 7) is 1.46. The molecular weight excluding hydrogens is 432 g/mol. The van der Waals surface area contributed by atoms with E-state index in [4.69, 9.17) is 11.5 Å². The van der Waals surface area contributed by atoms with E-state index in [1.165, 1.54) is 20.0 Å². The number of aliphatic hydroxyl groups is 3. The van der Waals surface area contributed by atoms with Crippen molar-refractivity contribution < 1.29 is 34.8 Å². The smallest absolute Gasteiger partial charge is 0.255 e. The normalized spacial score (nSPS) is 31.2. The number of phenols is 1. The second-order valence-electron chi connectivity index (χ2n) is 8.88. The largest absolute Gasteiger partial charge is 0.509 e. The fraction of sp³-hybridized carbons (Fsp3) is 0.409. The quantitative estimate of drug-likeness (QED) is 0.0969. The molecule has 0 aromatic heterocycles. The van der Waals surface area contributed by atoms with Crippen LogP contribution in [0.1, 0.15) is 24.5 Å². The van der Waals surface area contributed by atoms with Crippen LogP contribution < -0.4 is 22.1 Å². The summed E-state index contributed by atoms with van der Waals surface area (Å²) in [5.74, 6) is -7.26. The summed E-state index contributed by atoms with van der Waals surface area (Å²) in [5.41, 5.74) is 6.66. The van der Waals surface area contributed by atoms with E-state index in [0.717, 1.165) is 0 Å². The van der Waals surface area contributed by atoms with Gasteiger partial charge in [-0.1, -0.05) is 0 Å². The number of anilines is 2. The number of likely N-dealkylation sites (N-methyl/N-ethyl adjacent to an activating group) is 1. The molecule has 4 atom stereocenters. The fourth-order valence-electron chi connectivity index (χ4n) is 5.57. The highest BCUT2D eigenvalue weighted by molar-refractivity contribution is 6.33. The molecule has 33 heavy (non-hydrogen) atoms. The molecule has 3 aliphatic carbocycles. The van der Waals surface area contributed by atoms with Gasteiger partial charge in [-0.05, 0) is 44.4 Å². The van der Waals surface area contributed by atoms with Gasteiger partial charge in [0.25, 0.3) is 5.91 Å². The average molecular weight is 458 g/mol. The summed E-state index contributed by atoms with van der Waals surface area (Å²) in [4.78, 5) is 38.9. The lowest BCUT2D eigenvalue weighted by atomic mass is 9.53. The van der Waals surface area contributed by atoms with Gasteiger partial charge in [0, 0.05) is 24.2 Å². The van der Waals surface area contributed by atoms with E-state index in [9.17, 15) is 34.8 Å². The van der Waals surface area contributed by atoms with Crippen LogP contribution in [0.15, 0.2) is 23.0 Å². The molecule has 1 amide bonds. The summed E-state index contributed by atoms with van der Waals surface area (Å²) in [6, 6.07) is 1.50. The summed E-state index contributed by atoms with van der Waals surface area (Å²) in [5, 5.41) is 49.7. The number of nitrogens with one attached hydrogen (secondary N) is 2. The van der Waals surface area contributed by atoms with Gasteiger partial charge < -0.3 is 42.5 Å². The number of carbonyl (C=O) groups excluding carboxylic acids is 3. The number of ketones is 2. The molecule has 4 rings (SSSR count). The first-order valence-corrected chi connectivity index (χ1v) is 10.4. The molecule has 0 radical (unpaired) electrons. The maximum atomic E-state index is 13.7. The minimum atomic E-state index is -2.77. The van der Waals surface area contributed by atoms with E-state index in [1.54, 1.807) is 7.05 Å². The monoisotopic (exact) mass is 458 g/mol. The number of fused-ring (bicyclic) bond motifs is 3. The molecule has 3 aliphatic rings. The Hall–Kier alpha value is -3.57. The molecule has 1 aromatic carbocycles. The predicted octanol–water partition coefficient (Wildman–Crippen LogP) is -0.364. The van der Waals surface area contributed by atoms with Gasteiger partial charge in [0.1, 0.15) is 22.8 Å². The molecule has 176 valence electrons. The van der Waals surface area contributed by atoms with Crippen LogP contribution in [0, 0.1) is 11.8 Å². The maximum Gasteiger partial charge on any atom is 0.255 e. The first-order chi connectivity index (χ1) is 15.4. The number of hydrogen-bond donors (Lipinski definition) is 8. The number of aliphatic hydroxyl groups excluding tert-OH is 2. The van der Waals surface area contributed by atoms with Crippen molar-refractivity contribution in [3.8, 4) is 5.75 Å². The number of rotatable bonds is 3. The van der Waals surface area contributed by atoms with Gasteiger partial charge in [-0.25, -0.2) is 0 Å². The molecule has 11 heteroatoms. The van der Waals surface area contributed by atoms with Crippen molar-refractivity contribution in [1.29, 1.82) is 0 Å². The highest BCUT2D eigenvalue weighted by Crippen LogP contribution is 2.55. The Morgan fingerprint density at radius 3 is 2.36 bits per heavy atom. The van der Waals surface area contributed by atoms with E-state index in [2.05, 4.69) is 10.6 Å². The Balaban J connectivity index is 2.01. The summed E-state index contributed by atoms with van der Waals surface area (Å²) in [7, 11) is 3.09. The highest BCUT2D eigenvalue weighted by Gasteiger charge is 2.67. The van der Waals surface area contributed by atoms with Crippen LogP contribution >= 0.6 is 0 Å². The number of phenolic OH excluding ortho intramolecular Hbond substituents is 1. The van der Waals surface area contributed by atoms with Crippen molar-refractivity contribution in [3.63, 3.8) is 0 Å². The zero-order valence-electron chi connectivity index (χ0n) is 18.3. The van der Waals surface area contributed by atoms with Crippen molar-refractivity contribution in [2.45, 2.75) is 30.9 Å². The van der Waals surface area contributed by atoms with E-state index >= 15 is 0 Å². The van der Waals surface area contributed by atoms with E-state index in [1.807, 2.05) is 0 Å². The minimum Gasteiger partial charge on any atom is -0.509 e. The third-order valence-corrected chi connectivity index (χ3v) is 7.44. The number of amides is 1. The Morgan fingerprint density at radius 2 is 1.82 bits per heavy atom. The second-order valence-corrected chi connectivity index (χ2v) is 8.88. The topological polar surface area (TPSA) is 208 Å². The molecule has 0 saturated heterocycles. The lowest BCUT2D eigenvalue weighted by Crippen LogP contribution is -2.71. The van der Waals surface area contributed by atoms with Crippen LogP contribution in [-0.2, 0) is 20.8 Å². The Labute approximate surface area is 188 Å². The van der Waals surface area contributed by atoms with E-state index < -0.39 is 63.3 Å². The fourth-order valence-corrected chi connectivity index (χ4v) is 5.57. The molecular formula is C22H26N4O7. The number of primary amides is 1. The van der Waals surface area contributed by atoms with Gasteiger partial charge in [0.2, 0.25) is 11.6 Å². The number of Topliss-reactive ketones (excluding diaryl/α,β-unsaturated/α-hetero) is 2. The summed E-state index contributed by atoms with van der Waals surface area (Å²) < 4.78 is 0.